The largest absolute Gasteiger partial charge is 0.346 e. The predicted molar refractivity (Wildman–Crippen MR) is 118 cm³/mol. The minimum Gasteiger partial charge on any atom is -0.346 e. The lowest BCUT2D eigenvalue weighted by Crippen LogP contribution is -2.17. The van der Waals surface area contributed by atoms with Gasteiger partial charge in [0.25, 0.3) is 5.56 Å². The number of fused-ring (bicyclic) bond motifs is 2. The van der Waals surface area contributed by atoms with E-state index in [-0.39, 0.29) is 11.3 Å². The summed E-state index contributed by atoms with van der Waals surface area (Å²) in [6.45, 7) is 0.545. The van der Waals surface area contributed by atoms with Gasteiger partial charge in [-0.05, 0) is 35.4 Å². The first kappa shape index (κ1) is 18.6. The molecular formula is C22H20N4O3S. The van der Waals surface area contributed by atoms with Crippen molar-refractivity contribution >= 4 is 32.2 Å². The quantitative estimate of drug-likeness (QED) is 0.550. The van der Waals surface area contributed by atoms with Crippen LogP contribution in [0.25, 0.3) is 22.0 Å². The Kier molecular flexibility index (Phi) is 4.08. The van der Waals surface area contributed by atoms with E-state index in [0.29, 0.717) is 17.6 Å². The summed E-state index contributed by atoms with van der Waals surface area (Å²) in [5.74, 6) is 0.739. The van der Waals surface area contributed by atoms with E-state index in [1.54, 1.807) is 12.4 Å². The number of rotatable bonds is 3. The number of nitrogens with one attached hydrogen (secondary N) is 1. The zero-order valence-electron chi connectivity index (χ0n) is 16.6. The SMILES string of the molecule is Cn1cc2c3c(c[nH]c(=O)c31)-c1cc(CS(C)(=O)=O)ccc1N(c1ccccn1)C2. The van der Waals surface area contributed by atoms with Gasteiger partial charge in [-0.25, -0.2) is 13.4 Å². The van der Waals surface area contributed by atoms with E-state index in [0.717, 1.165) is 33.6 Å². The van der Waals surface area contributed by atoms with Crippen LogP contribution >= 0.6 is 0 Å². The standard InChI is InChI=1S/C22H20N4O3S/c1-25-11-15-12-26(19-5-3-4-8-23-19)18-7-6-14(13-30(2,28)29)9-16(18)17-10-24-22(27)21(25)20(15)17/h3-11H,12-13H2,1-2H3,(H,24,27). The summed E-state index contributed by atoms with van der Waals surface area (Å²) in [6.07, 6.45) is 6.67. The van der Waals surface area contributed by atoms with Gasteiger partial charge in [-0.2, -0.15) is 0 Å². The van der Waals surface area contributed by atoms with Crippen molar-refractivity contribution in [2.75, 3.05) is 11.2 Å². The van der Waals surface area contributed by atoms with E-state index < -0.39 is 9.84 Å². The first-order valence-corrected chi connectivity index (χ1v) is 11.6. The average Bonchev–Trinajstić information content (AvgIpc) is 2.96. The molecule has 5 rings (SSSR count). The number of aromatic nitrogens is 3. The Morgan fingerprint density at radius 2 is 2.00 bits per heavy atom. The summed E-state index contributed by atoms with van der Waals surface area (Å²) in [6, 6.07) is 11.4. The second-order valence-electron chi connectivity index (χ2n) is 7.72. The zero-order chi connectivity index (χ0) is 21.0. The minimum absolute atomic E-state index is 0.0436. The molecule has 4 heterocycles. The number of H-pyrrole nitrogens is 1. The Hall–Kier alpha value is -3.39. The van der Waals surface area contributed by atoms with E-state index in [4.69, 9.17) is 0 Å². The Morgan fingerprint density at radius 1 is 1.17 bits per heavy atom. The highest BCUT2D eigenvalue weighted by Crippen LogP contribution is 2.43. The second-order valence-corrected chi connectivity index (χ2v) is 9.86. The van der Waals surface area contributed by atoms with Crippen molar-refractivity contribution in [1.29, 1.82) is 0 Å². The number of anilines is 2. The predicted octanol–water partition coefficient (Wildman–Crippen LogP) is 3.12. The van der Waals surface area contributed by atoms with Crippen molar-refractivity contribution in [3.8, 4) is 11.1 Å². The molecule has 0 fully saturated rings. The molecule has 0 saturated carbocycles. The molecular weight excluding hydrogens is 400 g/mol. The lowest BCUT2D eigenvalue weighted by atomic mass is 9.99. The molecule has 7 nitrogen and oxygen atoms in total. The van der Waals surface area contributed by atoms with Crippen LogP contribution in [0.4, 0.5) is 11.5 Å². The third-order valence-corrected chi connectivity index (χ3v) is 6.27. The number of aromatic amines is 1. The number of benzene rings is 1. The maximum Gasteiger partial charge on any atom is 0.272 e. The van der Waals surface area contributed by atoms with Crippen LogP contribution in [0.3, 0.4) is 0 Å². The van der Waals surface area contributed by atoms with E-state index >= 15 is 0 Å². The Morgan fingerprint density at radius 3 is 2.73 bits per heavy atom. The second kappa shape index (κ2) is 6.56. The lowest BCUT2D eigenvalue weighted by Gasteiger charge is -2.25. The molecule has 0 unspecified atom stereocenters. The topological polar surface area (TPSA) is 88.1 Å². The van der Waals surface area contributed by atoms with Gasteiger partial charge in [0, 0.05) is 48.4 Å². The van der Waals surface area contributed by atoms with Crippen molar-refractivity contribution in [1.82, 2.24) is 14.5 Å². The van der Waals surface area contributed by atoms with Gasteiger partial charge >= 0.3 is 0 Å². The van der Waals surface area contributed by atoms with E-state index in [9.17, 15) is 13.2 Å². The number of hydrogen-bond acceptors (Lipinski definition) is 5. The Labute approximate surface area is 173 Å². The third kappa shape index (κ3) is 3.00. The summed E-state index contributed by atoms with van der Waals surface area (Å²) >= 11 is 0. The molecule has 8 heteroatoms. The van der Waals surface area contributed by atoms with Gasteiger partial charge in [-0.3, -0.25) is 4.79 Å². The first-order valence-electron chi connectivity index (χ1n) is 9.51. The van der Waals surface area contributed by atoms with Crippen LogP contribution in [-0.2, 0) is 29.2 Å². The fourth-order valence-corrected chi connectivity index (χ4v) is 5.06. The van der Waals surface area contributed by atoms with Gasteiger partial charge < -0.3 is 14.5 Å². The summed E-state index contributed by atoms with van der Waals surface area (Å²) in [4.78, 5) is 22.0. The third-order valence-electron chi connectivity index (χ3n) is 5.42. The van der Waals surface area contributed by atoms with Gasteiger partial charge in [-0.1, -0.05) is 12.1 Å². The van der Waals surface area contributed by atoms with E-state index in [1.807, 2.05) is 54.2 Å². The molecule has 1 N–H and O–H groups in total. The molecule has 0 spiro atoms. The van der Waals surface area contributed by atoms with E-state index in [1.165, 1.54) is 6.26 Å². The fraction of sp³-hybridized carbons (Fsp3) is 0.182. The number of pyridine rings is 2. The van der Waals surface area contributed by atoms with Crippen LogP contribution in [0, 0.1) is 0 Å². The Bertz CT molecular complexity index is 1450. The van der Waals surface area contributed by atoms with E-state index in [2.05, 4.69) is 14.9 Å². The van der Waals surface area contributed by atoms with Gasteiger partial charge in [0.1, 0.15) is 11.3 Å². The molecule has 0 radical (unpaired) electrons. The van der Waals surface area contributed by atoms with Gasteiger partial charge in [0.15, 0.2) is 9.84 Å². The van der Waals surface area contributed by atoms with Crippen LogP contribution in [0.1, 0.15) is 11.1 Å². The van der Waals surface area contributed by atoms with Crippen molar-refractivity contribution in [3.05, 3.63) is 76.5 Å². The summed E-state index contributed by atoms with van der Waals surface area (Å²) in [5, 5.41) is 0.887. The van der Waals surface area contributed by atoms with Gasteiger partial charge in [0.2, 0.25) is 0 Å². The van der Waals surface area contributed by atoms with Crippen molar-refractivity contribution in [2.45, 2.75) is 12.3 Å². The minimum atomic E-state index is -3.18. The van der Waals surface area contributed by atoms with Crippen LogP contribution in [0.15, 0.2) is 59.8 Å². The fourth-order valence-electron chi connectivity index (χ4n) is 4.28. The molecule has 4 aromatic rings. The molecule has 0 amide bonds. The molecule has 30 heavy (non-hydrogen) atoms. The molecule has 1 aliphatic rings. The summed E-state index contributed by atoms with van der Waals surface area (Å²) in [7, 11) is -1.32. The zero-order valence-corrected chi connectivity index (χ0v) is 17.4. The van der Waals surface area contributed by atoms with Crippen molar-refractivity contribution in [3.63, 3.8) is 0 Å². The van der Waals surface area contributed by atoms with Crippen LogP contribution in [-0.4, -0.2) is 29.2 Å². The molecule has 3 aromatic heterocycles. The molecule has 0 atom stereocenters. The molecule has 152 valence electrons. The maximum atomic E-state index is 12.6. The Balaban J connectivity index is 1.84. The molecule has 1 aliphatic heterocycles. The van der Waals surface area contributed by atoms with Crippen molar-refractivity contribution in [2.24, 2.45) is 7.05 Å². The first-order chi connectivity index (χ1) is 14.3. The number of nitrogens with zero attached hydrogens (tertiary/aromatic N) is 3. The van der Waals surface area contributed by atoms with Gasteiger partial charge in [-0.15, -0.1) is 0 Å². The summed E-state index contributed by atoms with van der Waals surface area (Å²) in [5.41, 5.74) is 4.83. The molecule has 0 bridgehead atoms. The molecule has 0 aliphatic carbocycles. The van der Waals surface area contributed by atoms with Crippen molar-refractivity contribution < 1.29 is 8.42 Å². The lowest BCUT2D eigenvalue weighted by molar-refractivity contribution is 0.601. The summed E-state index contributed by atoms with van der Waals surface area (Å²) < 4.78 is 25.6. The number of hydrogen-bond donors (Lipinski definition) is 1. The van der Waals surface area contributed by atoms with Gasteiger partial charge in [0.05, 0.1) is 18.0 Å². The van der Waals surface area contributed by atoms with Crippen LogP contribution in [0.2, 0.25) is 0 Å². The average molecular weight is 420 g/mol. The number of aryl methyl sites for hydroxylation is 1. The molecule has 1 aromatic carbocycles. The highest BCUT2D eigenvalue weighted by atomic mass is 32.2. The maximum absolute atomic E-state index is 12.6. The van der Waals surface area contributed by atoms with Crippen LogP contribution in [0.5, 0.6) is 0 Å². The molecule has 0 saturated heterocycles. The highest BCUT2D eigenvalue weighted by Gasteiger charge is 2.26. The normalized spacial score (nSPS) is 13.3. The number of sulfone groups is 1. The monoisotopic (exact) mass is 420 g/mol. The smallest absolute Gasteiger partial charge is 0.272 e. The van der Waals surface area contributed by atoms with Crippen LogP contribution < -0.4 is 10.5 Å². The highest BCUT2D eigenvalue weighted by molar-refractivity contribution is 7.89.